The van der Waals surface area contributed by atoms with Gasteiger partial charge in [-0.25, -0.2) is 0 Å². The maximum atomic E-state index is 12.9. The van der Waals surface area contributed by atoms with E-state index in [-0.39, 0.29) is 24.5 Å². The van der Waals surface area contributed by atoms with Gasteiger partial charge < -0.3 is 15.2 Å². The van der Waals surface area contributed by atoms with Crippen LogP contribution in [0.3, 0.4) is 0 Å². The van der Waals surface area contributed by atoms with Gasteiger partial charge in [0.1, 0.15) is 6.04 Å². The van der Waals surface area contributed by atoms with Gasteiger partial charge in [0.05, 0.1) is 19.8 Å². The molecule has 7 nitrogen and oxygen atoms in total. The molecule has 1 atom stereocenters. The minimum absolute atomic E-state index is 0.0945. The summed E-state index contributed by atoms with van der Waals surface area (Å²) in [5.74, 6) is 0.0177. The molecule has 3 saturated carbocycles. The van der Waals surface area contributed by atoms with Crippen molar-refractivity contribution in [1.29, 1.82) is 0 Å². The molecule has 0 aromatic carbocycles. The third-order valence-electron chi connectivity index (χ3n) is 6.77. The SMILES string of the molecule is O=C(O)CN(CC1CC1)C1CC(NC(=O)C2COCCN2C2CCCC2)C1. The van der Waals surface area contributed by atoms with E-state index in [0.717, 1.165) is 32.5 Å². The fourth-order valence-electron chi connectivity index (χ4n) is 4.97. The number of rotatable bonds is 8. The zero-order valence-electron chi connectivity index (χ0n) is 16.1. The Kier molecular flexibility index (Phi) is 5.99. The molecule has 0 bridgehead atoms. The number of hydrogen-bond donors (Lipinski definition) is 2. The molecule has 1 unspecified atom stereocenters. The Balaban J connectivity index is 1.26. The molecule has 1 amide bonds. The van der Waals surface area contributed by atoms with Gasteiger partial charge in [-0.15, -0.1) is 0 Å². The normalized spacial score (nSPS) is 32.4. The molecule has 0 aromatic heterocycles. The highest BCUT2D eigenvalue weighted by molar-refractivity contribution is 5.82. The minimum Gasteiger partial charge on any atom is -0.480 e. The Morgan fingerprint density at radius 2 is 1.89 bits per heavy atom. The van der Waals surface area contributed by atoms with E-state index >= 15 is 0 Å². The van der Waals surface area contributed by atoms with Crippen LogP contribution in [0.2, 0.25) is 0 Å². The van der Waals surface area contributed by atoms with Crippen LogP contribution in [-0.2, 0) is 14.3 Å². The molecular formula is C20H33N3O4. The number of hydrogen-bond acceptors (Lipinski definition) is 5. The number of nitrogens with zero attached hydrogens (tertiary/aromatic N) is 2. The summed E-state index contributed by atoms with van der Waals surface area (Å²) in [6.07, 6.45) is 9.10. The number of carbonyl (C=O) groups is 2. The van der Waals surface area contributed by atoms with Gasteiger partial charge in [-0.1, -0.05) is 12.8 Å². The molecule has 3 aliphatic carbocycles. The van der Waals surface area contributed by atoms with E-state index in [4.69, 9.17) is 9.84 Å². The van der Waals surface area contributed by atoms with Crippen molar-refractivity contribution in [2.24, 2.45) is 5.92 Å². The first-order valence-electron chi connectivity index (χ1n) is 10.7. The minimum atomic E-state index is -0.755. The molecule has 4 rings (SSSR count). The van der Waals surface area contributed by atoms with Crippen LogP contribution in [0.15, 0.2) is 0 Å². The molecule has 0 radical (unpaired) electrons. The van der Waals surface area contributed by atoms with E-state index in [9.17, 15) is 9.59 Å². The molecule has 1 aliphatic heterocycles. The summed E-state index contributed by atoms with van der Waals surface area (Å²) in [6.45, 7) is 3.07. The number of aliphatic carboxylic acids is 1. The van der Waals surface area contributed by atoms with Crippen LogP contribution in [0.4, 0.5) is 0 Å². The molecule has 4 aliphatic rings. The van der Waals surface area contributed by atoms with E-state index in [0.29, 0.717) is 24.6 Å². The molecule has 0 spiro atoms. The van der Waals surface area contributed by atoms with Crippen molar-refractivity contribution < 1.29 is 19.4 Å². The van der Waals surface area contributed by atoms with Crippen molar-refractivity contribution in [1.82, 2.24) is 15.1 Å². The molecule has 152 valence electrons. The van der Waals surface area contributed by atoms with E-state index in [1.807, 2.05) is 0 Å². The second kappa shape index (κ2) is 8.45. The molecule has 27 heavy (non-hydrogen) atoms. The predicted octanol–water partition coefficient (Wildman–Crippen LogP) is 1.07. The van der Waals surface area contributed by atoms with E-state index < -0.39 is 5.97 Å². The summed E-state index contributed by atoms with van der Waals surface area (Å²) in [5, 5.41) is 12.4. The van der Waals surface area contributed by atoms with Gasteiger partial charge in [0.25, 0.3) is 0 Å². The van der Waals surface area contributed by atoms with Crippen molar-refractivity contribution in [3.63, 3.8) is 0 Å². The van der Waals surface area contributed by atoms with Crippen LogP contribution < -0.4 is 5.32 Å². The Hall–Kier alpha value is -1.18. The van der Waals surface area contributed by atoms with Gasteiger partial charge in [-0.2, -0.15) is 0 Å². The summed E-state index contributed by atoms with van der Waals surface area (Å²) in [5.41, 5.74) is 0. The van der Waals surface area contributed by atoms with Gasteiger partial charge in [0.15, 0.2) is 0 Å². The Bertz CT molecular complexity index is 541. The number of amides is 1. The molecule has 1 heterocycles. The van der Waals surface area contributed by atoms with Crippen molar-refractivity contribution in [3.8, 4) is 0 Å². The van der Waals surface area contributed by atoms with Crippen molar-refractivity contribution in [2.45, 2.75) is 75.5 Å². The average Bonchev–Trinajstić information content (AvgIpc) is 3.26. The highest BCUT2D eigenvalue weighted by Crippen LogP contribution is 2.34. The van der Waals surface area contributed by atoms with Gasteiger partial charge in [0, 0.05) is 31.2 Å². The van der Waals surface area contributed by atoms with Gasteiger partial charge in [0.2, 0.25) is 5.91 Å². The maximum absolute atomic E-state index is 12.9. The zero-order chi connectivity index (χ0) is 18.8. The number of carboxylic acids is 1. The lowest BCUT2D eigenvalue weighted by Gasteiger charge is -2.44. The Morgan fingerprint density at radius 3 is 2.56 bits per heavy atom. The first kappa shape index (κ1) is 19.2. The van der Waals surface area contributed by atoms with Crippen LogP contribution in [0.5, 0.6) is 0 Å². The van der Waals surface area contributed by atoms with Crippen molar-refractivity contribution in [3.05, 3.63) is 0 Å². The average molecular weight is 380 g/mol. The van der Waals surface area contributed by atoms with Crippen LogP contribution in [-0.4, -0.2) is 83.8 Å². The summed E-state index contributed by atoms with van der Waals surface area (Å²) in [6, 6.07) is 0.830. The number of ether oxygens (including phenoxy) is 1. The van der Waals surface area contributed by atoms with Gasteiger partial charge in [-0.3, -0.25) is 19.4 Å². The fourth-order valence-corrected chi connectivity index (χ4v) is 4.97. The topological polar surface area (TPSA) is 82.1 Å². The van der Waals surface area contributed by atoms with Crippen LogP contribution in [0.1, 0.15) is 51.4 Å². The monoisotopic (exact) mass is 379 g/mol. The lowest BCUT2D eigenvalue weighted by molar-refractivity contribution is -0.141. The van der Waals surface area contributed by atoms with Gasteiger partial charge in [-0.05, 0) is 44.4 Å². The molecule has 7 heteroatoms. The summed E-state index contributed by atoms with van der Waals surface area (Å²) < 4.78 is 5.60. The van der Waals surface area contributed by atoms with Crippen LogP contribution in [0.25, 0.3) is 0 Å². The predicted molar refractivity (Wildman–Crippen MR) is 100 cm³/mol. The smallest absolute Gasteiger partial charge is 0.317 e. The first-order valence-corrected chi connectivity index (χ1v) is 10.7. The highest BCUT2D eigenvalue weighted by atomic mass is 16.5. The molecular weight excluding hydrogens is 346 g/mol. The van der Waals surface area contributed by atoms with Crippen molar-refractivity contribution in [2.75, 3.05) is 32.8 Å². The zero-order valence-corrected chi connectivity index (χ0v) is 16.1. The standard InChI is InChI=1S/C20H33N3O4/c24-19(25)12-22(11-14-5-6-14)17-9-15(10-17)21-20(26)18-13-27-8-7-23(18)16-3-1-2-4-16/h14-18H,1-13H2,(H,21,26)(H,24,25). The molecule has 0 aromatic rings. The largest absolute Gasteiger partial charge is 0.480 e. The lowest BCUT2D eigenvalue weighted by Crippen LogP contribution is -2.61. The third kappa shape index (κ3) is 4.81. The van der Waals surface area contributed by atoms with Crippen LogP contribution in [0, 0.1) is 5.92 Å². The Labute approximate surface area is 161 Å². The summed E-state index contributed by atoms with van der Waals surface area (Å²) in [4.78, 5) is 28.5. The van der Waals surface area contributed by atoms with E-state index in [1.54, 1.807) is 0 Å². The fraction of sp³-hybridized carbons (Fsp3) is 0.900. The molecule has 2 N–H and O–H groups in total. The second-order valence-corrected chi connectivity index (χ2v) is 8.86. The summed E-state index contributed by atoms with van der Waals surface area (Å²) >= 11 is 0. The quantitative estimate of drug-likeness (QED) is 0.657. The maximum Gasteiger partial charge on any atom is 0.317 e. The van der Waals surface area contributed by atoms with Crippen LogP contribution >= 0.6 is 0 Å². The second-order valence-electron chi connectivity index (χ2n) is 8.86. The number of nitrogens with one attached hydrogen (secondary N) is 1. The highest BCUT2D eigenvalue weighted by Gasteiger charge is 2.40. The van der Waals surface area contributed by atoms with Crippen molar-refractivity contribution >= 4 is 11.9 Å². The number of morpholine rings is 1. The molecule has 1 saturated heterocycles. The first-order chi connectivity index (χ1) is 13.1. The number of carbonyl (C=O) groups excluding carboxylic acids is 1. The van der Waals surface area contributed by atoms with Gasteiger partial charge >= 0.3 is 5.97 Å². The Morgan fingerprint density at radius 1 is 1.15 bits per heavy atom. The summed E-state index contributed by atoms with van der Waals surface area (Å²) in [7, 11) is 0. The van der Waals surface area contributed by atoms with E-state index in [1.165, 1.54) is 38.5 Å². The lowest BCUT2D eigenvalue weighted by atomic mass is 9.85. The van der Waals surface area contributed by atoms with E-state index in [2.05, 4.69) is 15.1 Å². The molecule has 4 fully saturated rings. The number of carboxylic acid groups (broad SMARTS) is 1. The third-order valence-corrected chi connectivity index (χ3v) is 6.77.